The smallest absolute Gasteiger partial charge is 0.279 e. The van der Waals surface area contributed by atoms with Crippen molar-refractivity contribution in [2.24, 2.45) is 4.99 Å². The summed E-state index contributed by atoms with van der Waals surface area (Å²) < 4.78 is 36.1. The van der Waals surface area contributed by atoms with Crippen molar-refractivity contribution in [2.45, 2.75) is 44.0 Å². The number of rotatable bonds is 7. The molecule has 0 unspecified atom stereocenters. The molecule has 0 spiro atoms. The fourth-order valence-electron chi connectivity index (χ4n) is 3.97. The van der Waals surface area contributed by atoms with Gasteiger partial charge in [-0.15, -0.1) is 0 Å². The highest BCUT2D eigenvalue weighted by molar-refractivity contribution is 7.89. The molecule has 1 saturated heterocycles. The summed E-state index contributed by atoms with van der Waals surface area (Å²) in [6, 6.07) is 14.0. The lowest BCUT2D eigenvalue weighted by atomic mass is 10.2. The predicted octanol–water partition coefficient (Wildman–Crippen LogP) is 4.05. The van der Waals surface area contributed by atoms with Gasteiger partial charge in [0.15, 0.2) is 4.80 Å². The van der Waals surface area contributed by atoms with Crippen LogP contribution in [0.2, 0.25) is 0 Å². The number of carbonyl (C=O) groups is 1. The Balaban J connectivity index is 1.60. The third-order valence-electron chi connectivity index (χ3n) is 5.75. The third kappa shape index (κ3) is 5.43. The molecule has 0 aliphatic carbocycles. The van der Waals surface area contributed by atoms with E-state index in [2.05, 4.69) is 4.99 Å². The Bertz CT molecular complexity index is 1270. The van der Waals surface area contributed by atoms with E-state index in [1.807, 2.05) is 35.8 Å². The Labute approximate surface area is 198 Å². The van der Waals surface area contributed by atoms with Gasteiger partial charge in [0.05, 0.1) is 21.7 Å². The third-order valence-corrected chi connectivity index (χ3v) is 8.73. The van der Waals surface area contributed by atoms with Gasteiger partial charge in [-0.05, 0) is 56.2 Å². The van der Waals surface area contributed by atoms with E-state index in [1.54, 1.807) is 16.4 Å². The zero-order valence-electron chi connectivity index (χ0n) is 18.8. The van der Waals surface area contributed by atoms with Gasteiger partial charge in [0, 0.05) is 31.8 Å². The van der Waals surface area contributed by atoms with Gasteiger partial charge in [0.2, 0.25) is 10.0 Å². The molecular weight excluding hydrogens is 458 g/mol. The van der Waals surface area contributed by atoms with E-state index in [0.717, 1.165) is 35.9 Å². The number of amides is 1. The molecule has 3 aromatic rings. The van der Waals surface area contributed by atoms with Crippen molar-refractivity contribution >= 4 is 37.5 Å². The van der Waals surface area contributed by atoms with Gasteiger partial charge in [-0.2, -0.15) is 9.30 Å². The molecular formula is C24H29N3O4S2. The van der Waals surface area contributed by atoms with Gasteiger partial charge < -0.3 is 9.30 Å². The van der Waals surface area contributed by atoms with E-state index < -0.39 is 15.9 Å². The lowest BCUT2D eigenvalue weighted by Gasteiger charge is -2.19. The van der Waals surface area contributed by atoms with Crippen LogP contribution >= 0.6 is 11.3 Å². The maximum absolute atomic E-state index is 13.0. The maximum atomic E-state index is 13.0. The molecule has 176 valence electrons. The zero-order valence-corrected chi connectivity index (χ0v) is 20.4. The minimum Gasteiger partial charge on any atom is -0.380 e. The van der Waals surface area contributed by atoms with Crippen LogP contribution in [0.4, 0.5) is 0 Å². The first-order valence-corrected chi connectivity index (χ1v) is 13.6. The Kier molecular flexibility index (Phi) is 7.75. The Morgan fingerprint density at radius 1 is 1.03 bits per heavy atom. The van der Waals surface area contributed by atoms with Crippen molar-refractivity contribution in [3.05, 3.63) is 58.9 Å². The summed E-state index contributed by atoms with van der Waals surface area (Å²) in [5, 5.41) is 0. The van der Waals surface area contributed by atoms with Gasteiger partial charge in [-0.1, -0.05) is 36.3 Å². The molecule has 0 N–H and O–H groups in total. The zero-order chi connectivity index (χ0) is 23.3. The summed E-state index contributed by atoms with van der Waals surface area (Å²) >= 11 is 1.45. The molecule has 9 heteroatoms. The molecule has 33 heavy (non-hydrogen) atoms. The number of fused-ring (bicyclic) bond motifs is 1. The molecule has 2 heterocycles. The van der Waals surface area contributed by atoms with Gasteiger partial charge in [0.25, 0.3) is 5.91 Å². The number of carbonyl (C=O) groups excluding carboxylic acids is 1. The topological polar surface area (TPSA) is 81.0 Å². The quantitative estimate of drug-likeness (QED) is 0.471. The summed E-state index contributed by atoms with van der Waals surface area (Å²) in [6.07, 6.45) is 3.88. The summed E-state index contributed by atoms with van der Waals surface area (Å²) in [4.78, 5) is 18.1. The number of aromatic nitrogens is 1. The molecule has 1 aliphatic rings. The van der Waals surface area contributed by atoms with Gasteiger partial charge in [-0.3, -0.25) is 4.79 Å². The number of ether oxygens (including phenoxy) is 1. The summed E-state index contributed by atoms with van der Waals surface area (Å²) in [5.74, 6) is -0.398. The van der Waals surface area contributed by atoms with Crippen molar-refractivity contribution in [1.82, 2.24) is 8.87 Å². The fourth-order valence-corrected chi connectivity index (χ4v) is 6.55. The molecule has 1 aromatic heterocycles. The van der Waals surface area contributed by atoms with Crippen molar-refractivity contribution in [3.8, 4) is 0 Å². The van der Waals surface area contributed by atoms with Crippen LogP contribution in [-0.4, -0.2) is 49.5 Å². The van der Waals surface area contributed by atoms with Crippen molar-refractivity contribution in [1.29, 1.82) is 0 Å². The standard InChI is InChI=1S/C24H29N3O4S2/c1-2-31-18-17-27-21-9-5-6-10-22(21)32-24(27)25-23(28)19-11-13-20(14-12-19)33(29,30)26-15-7-3-4-8-16-26/h5-6,9-14H,2-4,7-8,15-18H2,1H3. The maximum Gasteiger partial charge on any atom is 0.279 e. The minimum absolute atomic E-state index is 0.217. The average Bonchev–Trinajstić information content (AvgIpc) is 2.98. The number of para-hydroxylation sites is 1. The SMILES string of the molecule is CCOCCn1c(=NC(=O)c2ccc(S(=O)(=O)N3CCCCCC3)cc2)sc2ccccc21. The van der Waals surface area contributed by atoms with E-state index >= 15 is 0 Å². The minimum atomic E-state index is -3.55. The van der Waals surface area contributed by atoms with E-state index in [4.69, 9.17) is 4.74 Å². The summed E-state index contributed by atoms with van der Waals surface area (Å²) in [6.45, 7) is 4.79. The van der Waals surface area contributed by atoms with E-state index in [1.165, 1.54) is 23.5 Å². The van der Waals surface area contributed by atoms with Crippen molar-refractivity contribution < 1.29 is 17.9 Å². The summed E-state index contributed by atoms with van der Waals surface area (Å²) in [5.41, 5.74) is 1.37. The van der Waals surface area contributed by atoms with Crippen LogP contribution < -0.4 is 4.80 Å². The van der Waals surface area contributed by atoms with E-state index in [-0.39, 0.29) is 4.90 Å². The Hall–Kier alpha value is -2.33. The Morgan fingerprint density at radius 3 is 2.42 bits per heavy atom. The van der Waals surface area contributed by atoms with Crippen LogP contribution in [0.1, 0.15) is 43.0 Å². The number of nitrogens with zero attached hydrogens (tertiary/aromatic N) is 3. The lowest BCUT2D eigenvalue weighted by molar-refractivity contribution is 0.0996. The highest BCUT2D eigenvalue weighted by Crippen LogP contribution is 2.21. The van der Waals surface area contributed by atoms with E-state index in [0.29, 0.717) is 43.2 Å². The molecule has 0 radical (unpaired) electrons. The molecule has 0 atom stereocenters. The molecule has 7 nitrogen and oxygen atoms in total. The number of hydrogen-bond donors (Lipinski definition) is 0. The number of thiazole rings is 1. The number of hydrogen-bond acceptors (Lipinski definition) is 5. The molecule has 1 fully saturated rings. The second-order valence-electron chi connectivity index (χ2n) is 7.96. The first-order chi connectivity index (χ1) is 16.0. The molecule has 1 amide bonds. The van der Waals surface area contributed by atoms with E-state index in [9.17, 15) is 13.2 Å². The first-order valence-electron chi connectivity index (χ1n) is 11.4. The molecule has 4 rings (SSSR count). The van der Waals surface area contributed by atoms with Crippen LogP contribution in [0.15, 0.2) is 58.4 Å². The molecule has 1 aliphatic heterocycles. The van der Waals surface area contributed by atoms with Gasteiger partial charge in [-0.25, -0.2) is 8.42 Å². The largest absolute Gasteiger partial charge is 0.380 e. The molecule has 2 aromatic carbocycles. The average molecular weight is 488 g/mol. The van der Waals surface area contributed by atoms with Crippen LogP contribution in [0.5, 0.6) is 0 Å². The van der Waals surface area contributed by atoms with Gasteiger partial charge in [0.1, 0.15) is 0 Å². The molecule has 0 saturated carbocycles. The number of sulfonamides is 1. The van der Waals surface area contributed by atoms with Crippen molar-refractivity contribution in [3.63, 3.8) is 0 Å². The second-order valence-corrected chi connectivity index (χ2v) is 10.9. The highest BCUT2D eigenvalue weighted by Gasteiger charge is 2.25. The van der Waals surface area contributed by atoms with Crippen molar-refractivity contribution in [2.75, 3.05) is 26.3 Å². The summed E-state index contributed by atoms with van der Waals surface area (Å²) in [7, 11) is -3.55. The van der Waals surface area contributed by atoms with Crippen LogP contribution in [0.25, 0.3) is 10.2 Å². The molecule has 0 bridgehead atoms. The lowest BCUT2D eigenvalue weighted by Crippen LogP contribution is -2.31. The Morgan fingerprint density at radius 2 is 1.73 bits per heavy atom. The first kappa shape index (κ1) is 23.8. The van der Waals surface area contributed by atoms with Crippen LogP contribution in [0, 0.1) is 0 Å². The number of benzene rings is 2. The van der Waals surface area contributed by atoms with Crippen LogP contribution in [0.3, 0.4) is 0 Å². The van der Waals surface area contributed by atoms with Crippen LogP contribution in [-0.2, 0) is 21.3 Å². The monoisotopic (exact) mass is 487 g/mol. The normalized spacial score (nSPS) is 16.2. The predicted molar refractivity (Wildman–Crippen MR) is 130 cm³/mol. The second kappa shape index (κ2) is 10.7. The fraction of sp³-hybridized carbons (Fsp3) is 0.417. The highest BCUT2D eigenvalue weighted by atomic mass is 32.2. The van der Waals surface area contributed by atoms with Gasteiger partial charge >= 0.3 is 0 Å².